The number of hydrogen-bond acceptors (Lipinski definition) is 2. The van der Waals surface area contributed by atoms with Crippen molar-refractivity contribution in [2.45, 2.75) is 0 Å². The van der Waals surface area contributed by atoms with E-state index in [0.29, 0.717) is 0 Å². The van der Waals surface area contributed by atoms with Gasteiger partial charge in [-0.2, -0.15) is 0 Å². The van der Waals surface area contributed by atoms with Crippen LogP contribution in [0.5, 0.6) is 0 Å². The third-order valence-corrected chi connectivity index (χ3v) is 12.2. The largest absolute Gasteiger partial charge is 0.453 e. The second-order valence-corrected chi connectivity index (χ2v) is 15.6. The Balaban J connectivity index is 1.06. The zero-order chi connectivity index (χ0) is 39.6. The van der Waals surface area contributed by atoms with Crippen molar-refractivity contribution < 1.29 is 4.42 Å². The van der Waals surface area contributed by atoms with Gasteiger partial charge in [0, 0.05) is 27.2 Å². The van der Waals surface area contributed by atoms with Crippen LogP contribution in [0.25, 0.3) is 98.4 Å². The van der Waals surface area contributed by atoms with Crippen LogP contribution in [0.15, 0.2) is 229 Å². The second kappa shape index (κ2) is 13.9. The molecular formula is C58H37NO. The highest BCUT2D eigenvalue weighted by atomic mass is 16.3. The van der Waals surface area contributed by atoms with Crippen LogP contribution >= 0.6 is 0 Å². The minimum Gasteiger partial charge on any atom is -0.453 e. The van der Waals surface area contributed by atoms with Crippen molar-refractivity contribution in [3.63, 3.8) is 0 Å². The van der Waals surface area contributed by atoms with E-state index in [1.54, 1.807) is 0 Å². The number of nitrogens with zero attached hydrogens (tertiary/aromatic N) is 1. The normalized spacial score (nSPS) is 11.7. The molecule has 0 radical (unpaired) electrons. The molecule has 1 aromatic heterocycles. The van der Waals surface area contributed by atoms with Gasteiger partial charge in [-0.05, 0) is 102 Å². The predicted molar refractivity (Wildman–Crippen MR) is 255 cm³/mol. The predicted octanol–water partition coefficient (Wildman–Crippen LogP) is 16.7. The summed E-state index contributed by atoms with van der Waals surface area (Å²) in [5, 5.41) is 11.9. The van der Waals surface area contributed by atoms with E-state index in [1.165, 1.54) is 65.5 Å². The van der Waals surface area contributed by atoms with E-state index in [2.05, 4.69) is 229 Å². The van der Waals surface area contributed by atoms with Crippen molar-refractivity contribution in [1.29, 1.82) is 0 Å². The maximum atomic E-state index is 6.94. The first-order valence-corrected chi connectivity index (χ1v) is 20.6. The van der Waals surface area contributed by atoms with Crippen LogP contribution in [0.1, 0.15) is 0 Å². The third kappa shape index (κ3) is 5.42. The Morgan fingerprint density at radius 2 is 0.767 bits per heavy atom. The molecule has 0 saturated heterocycles. The summed E-state index contributed by atoms with van der Waals surface area (Å²) in [6, 6.07) is 81.1. The Morgan fingerprint density at radius 3 is 1.52 bits per heavy atom. The molecule has 2 heteroatoms. The lowest BCUT2D eigenvalue weighted by atomic mass is 9.84. The van der Waals surface area contributed by atoms with Crippen LogP contribution in [0.2, 0.25) is 0 Å². The highest BCUT2D eigenvalue weighted by Crippen LogP contribution is 2.48. The highest BCUT2D eigenvalue weighted by molar-refractivity contribution is 6.22. The Kier molecular flexibility index (Phi) is 7.89. The Labute approximate surface area is 347 Å². The second-order valence-electron chi connectivity index (χ2n) is 15.6. The lowest BCUT2D eigenvalue weighted by Crippen LogP contribution is -2.10. The molecule has 0 aliphatic carbocycles. The average molecular weight is 764 g/mol. The number of para-hydroxylation sites is 1. The van der Waals surface area contributed by atoms with Gasteiger partial charge in [-0.15, -0.1) is 0 Å². The monoisotopic (exact) mass is 763 g/mol. The molecule has 0 N–H and O–H groups in total. The van der Waals surface area contributed by atoms with E-state index in [4.69, 9.17) is 4.42 Å². The number of fused-ring (bicyclic) bond motifs is 9. The number of anilines is 3. The number of hydrogen-bond donors (Lipinski definition) is 0. The first-order chi connectivity index (χ1) is 29.8. The van der Waals surface area contributed by atoms with Crippen LogP contribution in [0, 0.1) is 0 Å². The molecular weight excluding hydrogens is 727 g/mol. The number of benzene rings is 11. The summed E-state index contributed by atoms with van der Waals surface area (Å²) >= 11 is 0. The number of furan rings is 1. The molecule has 0 unspecified atom stereocenters. The molecule has 0 spiro atoms. The molecule has 12 aromatic rings. The van der Waals surface area contributed by atoms with Gasteiger partial charge in [0.05, 0.1) is 11.4 Å². The zero-order valence-corrected chi connectivity index (χ0v) is 32.7. The quantitative estimate of drug-likeness (QED) is 0.157. The molecule has 11 aromatic carbocycles. The topological polar surface area (TPSA) is 16.4 Å². The fraction of sp³-hybridized carbons (Fsp3) is 0. The standard InChI is InChI=1S/C58H37NO/c1-3-17-41(18-4-1)55-49-25-12-11-24-47(49)48-35-32-43(37-52(48)56(55)42-19-5-2-6-20-42)38-29-33-44(34-30-38)59(53-27-13-21-39-15-7-9-22-45(39)53)54-28-14-26-50-51-36-31-40-16-8-10-23-46(40)57(51)60-58(50)54/h1-37H. The van der Waals surface area contributed by atoms with Gasteiger partial charge in [0.1, 0.15) is 5.58 Å². The molecule has 2 nitrogen and oxygen atoms in total. The Bertz CT molecular complexity index is 3580. The maximum absolute atomic E-state index is 6.94. The van der Waals surface area contributed by atoms with E-state index >= 15 is 0 Å². The van der Waals surface area contributed by atoms with Crippen molar-refractivity contribution >= 4 is 82.1 Å². The van der Waals surface area contributed by atoms with E-state index < -0.39 is 0 Å². The van der Waals surface area contributed by atoms with Gasteiger partial charge in [0.15, 0.2) is 5.58 Å². The van der Waals surface area contributed by atoms with Crippen molar-refractivity contribution in [2.75, 3.05) is 4.90 Å². The third-order valence-electron chi connectivity index (χ3n) is 12.2. The van der Waals surface area contributed by atoms with E-state index in [0.717, 1.165) is 50.0 Å². The minimum absolute atomic E-state index is 0.866. The van der Waals surface area contributed by atoms with E-state index in [9.17, 15) is 0 Å². The molecule has 280 valence electrons. The summed E-state index contributed by atoms with van der Waals surface area (Å²) in [4.78, 5) is 2.37. The Hall–Kier alpha value is -7.94. The van der Waals surface area contributed by atoms with Crippen LogP contribution in [0.3, 0.4) is 0 Å². The fourth-order valence-corrected chi connectivity index (χ4v) is 9.48. The molecule has 12 rings (SSSR count). The summed E-state index contributed by atoms with van der Waals surface area (Å²) in [7, 11) is 0. The van der Waals surface area contributed by atoms with Gasteiger partial charge >= 0.3 is 0 Å². The first-order valence-electron chi connectivity index (χ1n) is 20.6. The minimum atomic E-state index is 0.866. The summed E-state index contributed by atoms with van der Waals surface area (Å²) in [6.07, 6.45) is 0. The van der Waals surface area contributed by atoms with E-state index in [1.807, 2.05) is 0 Å². The van der Waals surface area contributed by atoms with Gasteiger partial charge in [-0.1, -0.05) is 188 Å². The molecule has 0 saturated carbocycles. The molecule has 0 aliphatic rings. The summed E-state index contributed by atoms with van der Waals surface area (Å²) in [6.45, 7) is 0. The van der Waals surface area contributed by atoms with Crippen molar-refractivity contribution in [1.82, 2.24) is 0 Å². The maximum Gasteiger partial charge on any atom is 0.159 e. The summed E-state index contributed by atoms with van der Waals surface area (Å²) in [5.74, 6) is 0. The van der Waals surface area contributed by atoms with Gasteiger partial charge in [-0.3, -0.25) is 0 Å². The molecule has 0 aliphatic heterocycles. The molecule has 0 bridgehead atoms. The van der Waals surface area contributed by atoms with Gasteiger partial charge in [-0.25, -0.2) is 0 Å². The fourth-order valence-electron chi connectivity index (χ4n) is 9.48. The Morgan fingerprint density at radius 1 is 0.267 bits per heavy atom. The molecule has 60 heavy (non-hydrogen) atoms. The lowest BCUT2D eigenvalue weighted by Gasteiger charge is -2.27. The molecule has 0 fully saturated rings. The molecule has 0 atom stereocenters. The van der Waals surface area contributed by atoms with Gasteiger partial charge in [0.2, 0.25) is 0 Å². The van der Waals surface area contributed by atoms with Crippen molar-refractivity contribution in [2.24, 2.45) is 0 Å². The van der Waals surface area contributed by atoms with Crippen molar-refractivity contribution in [3.8, 4) is 33.4 Å². The summed E-state index contributed by atoms with van der Waals surface area (Å²) < 4.78 is 6.94. The molecule has 1 heterocycles. The first kappa shape index (κ1) is 34.1. The SMILES string of the molecule is c1ccc(-c2c(-c3ccccc3)c3cc(-c4ccc(N(c5cccc6ccccc56)c5cccc6c5oc5c7ccccc7ccc65)cc4)ccc3c3ccccc23)cc1. The van der Waals surface area contributed by atoms with Crippen LogP contribution in [-0.4, -0.2) is 0 Å². The smallest absolute Gasteiger partial charge is 0.159 e. The van der Waals surface area contributed by atoms with Crippen molar-refractivity contribution in [3.05, 3.63) is 224 Å². The molecule has 0 amide bonds. The lowest BCUT2D eigenvalue weighted by molar-refractivity contribution is 0.673. The summed E-state index contributed by atoms with van der Waals surface area (Å²) in [5.41, 5.74) is 12.2. The highest BCUT2D eigenvalue weighted by Gasteiger charge is 2.22. The zero-order valence-electron chi connectivity index (χ0n) is 32.7. The van der Waals surface area contributed by atoms with E-state index in [-0.39, 0.29) is 0 Å². The van der Waals surface area contributed by atoms with Crippen LogP contribution in [-0.2, 0) is 0 Å². The van der Waals surface area contributed by atoms with Gasteiger partial charge < -0.3 is 9.32 Å². The van der Waals surface area contributed by atoms with Crippen LogP contribution < -0.4 is 4.90 Å². The van der Waals surface area contributed by atoms with Crippen LogP contribution in [0.4, 0.5) is 17.1 Å². The van der Waals surface area contributed by atoms with Gasteiger partial charge in [0.25, 0.3) is 0 Å². The number of rotatable bonds is 6. The average Bonchev–Trinajstić information content (AvgIpc) is 3.72.